The minimum Gasteiger partial charge on any atom is -0.489 e. The normalized spacial score (nSPS) is 10.3. The van der Waals surface area contributed by atoms with Crippen molar-refractivity contribution in [3.63, 3.8) is 0 Å². The van der Waals surface area contributed by atoms with Crippen molar-refractivity contribution in [2.75, 3.05) is 5.73 Å². The van der Waals surface area contributed by atoms with Crippen LogP contribution < -0.4 is 10.5 Å². The van der Waals surface area contributed by atoms with Gasteiger partial charge in [-0.1, -0.05) is 37.3 Å². The Morgan fingerprint density at radius 3 is 2.50 bits per heavy atom. The van der Waals surface area contributed by atoms with Gasteiger partial charge < -0.3 is 10.5 Å². The summed E-state index contributed by atoms with van der Waals surface area (Å²) in [6.45, 7) is 4.77. The molecule has 0 saturated heterocycles. The first-order chi connectivity index (χ1) is 8.70. The molecule has 94 valence electrons. The van der Waals surface area contributed by atoms with E-state index in [4.69, 9.17) is 10.5 Å². The minimum atomic E-state index is 0.581. The maximum Gasteiger partial charge on any atom is 0.121 e. The third-order valence-corrected chi connectivity index (χ3v) is 3.15. The first-order valence-corrected chi connectivity index (χ1v) is 6.26. The molecule has 0 unspecified atom stereocenters. The second kappa shape index (κ2) is 5.58. The zero-order valence-corrected chi connectivity index (χ0v) is 10.9. The number of hydrogen-bond acceptors (Lipinski definition) is 2. The van der Waals surface area contributed by atoms with Crippen molar-refractivity contribution in [1.29, 1.82) is 0 Å². The van der Waals surface area contributed by atoms with E-state index in [1.165, 1.54) is 16.7 Å². The summed E-state index contributed by atoms with van der Waals surface area (Å²) in [5, 5.41) is 0. The van der Waals surface area contributed by atoms with Crippen molar-refractivity contribution >= 4 is 5.69 Å². The highest BCUT2D eigenvalue weighted by atomic mass is 16.5. The van der Waals surface area contributed by atoms with Gasteiger partial charge in [0.25, 0.3) is 0 Å². The third kappa shape index (κ3) is 2.83. The fourth-order valence-electron chi connectivity index (χ4n) is 1.92. The van der Waals surface area contributed by atoms with Gasteiger partial charge in [0.2, 0.25) is 0 Å². The van der Waals surface area contributed by atoms with E-state index in [0.717, 1.165) is 17.9 Å². The number of rotatable bonds is 4. The van der Waals surface area contributed by atoms with Crippen LogP contribution in [0.3, 0.4) is 0 Å². The first-order valence-electron chi connectivity index (χ1n) is 6.26. The Hall–Kier alpha value is -1.96. The molecule has 0 aliphatic carbocycles. The molecule has 2 aromatic rings. The van der Waals surface area contributed by atoms with Gasteiger partial charge in [-0.2, -0.15) is 0 Å². The zero-order valence-electron chi connectivity index (χ0n) is 10.9. The van der Waals surface area contributed by atoms with Crippen molar-refractivity contribution in [2.24, 2.45) is 0 Å². The fourth-order valence-corrected chi connectivity index (χ4v) is 1.92. The van der Waals surface area contributed by atoms with Crippen molar-refractivity contribution in [2.45, 2.75) is 26.9 Å². The highest BCUT2D eigenvalue weighted by molar-refractivity contribution is 5.51. The second-order valence-electron chi connectivity index (χ2n) is 4.43. The molecule has 0 aromatic heterocycles. The SMILES string of the molecule is CCc1ccc(OCc2ccccc2C)cc1N. The Labute approximate surface area is 108 Å². The molecule has 0 spiro atoms. The van der Waals surface area contributed by atoms with Gasteiger partial charge in [0.1, 0.15) is 12.4 Å². The van der Waals surface area contributed by atoms with Crippen molar-refractivity contribution < 1.29 is 4.74 Å². The second-order valence-corrected chi connectivity index (χ2v) is 4.43. The van der Waals surface area contributed by atoms with Gasteiger partial charge in [0.05, 0.1) is 0 Å². The van der Waals surface area contributed by atoms with E-state index in [9.17, 15) is 0 Å². The number of nitrogen functional groups attached to an aromatic ring is 1. The smallest absolute Gasteiger partial charge is 0.121 e. The largest absolute Gasteiger partial charge is 0.489 e. The van der Waals surface area contributed by atoms with Crippen LogP contribution in [0.5, 0.6) is 5.75 Å². The number of benzene rings is 2. The molecule has 2 heteroatoms. The topological polar surface area (TPSA) is 35.2 Å². The van der Waals surface area contributed by atoms with Crippen molar-refractivity contribution in [1.82, 2.24) is 0 Å². The van der Waals surface area contributed by atoms with E-state index < -0.39 is 0 Å². The molecule has 18 heavy (non-hydrogen) atoms. The summed E-state index contributed by atoms with van der Waals surface area (Å²) in [5.74, 6) is 0.827. The van der Waals surface area contributed by atoms with Gasteiger partial charge in [0, 0.05) is 11.8 Å². The molecule has 0 aliphatic heterocycles. The van der Waals surface area contributed by atoms with E-state index in [1.54, 1.807) is 0 Å². The molecule has 0 radical (unpaired) electrons. The number of hydrogen-bond donors (Lipinski definition) is 1. The quantitative estimate of drug-likeness (QED) is 0.828. The average molecular weight is 241 g/mol. The molecule has 0 atom stereocenters. The van der Waals surface area contributed by atoms with E-state index in [2.05, 4.69) is 26.0 Å². The molecular formula is C16H19NO. The van der Waals surface area contributed by atoms with Gasteiger partial charge in [0.15, 0.2) is 0 Å². The van der Waals surface area contributed by atoms with Crippen LogP contribution in [0.15, 0.2) is 42.5 Å². The predicted octanol–water partition coefficient (Wildman–Crippen LogP) is 3.72. The lowest BCUT2D eigenvalue weighted by Gasteiger charge is -2.10. The average Bonchev–Trinajstić information content (AvgIpc) is 2.38. The summed E-state index contributed by atoms with van der Waals surface area (Å²) < 4.78 is 5.77. The standard InChI is InChI=1S/C16H19NO/c1-3-13-8-9-15(10-16(13)17)18-11-14-7-5-4-6-12(14)2/h4-10H,3,11,17H2,1-2H3. The van der Waals surface area contributed by atoms with E-state index in [0.29, 0.717) is 6.61 Å². The van der Waals surface area contributed by atoms with Gasteiger partial charge in [-0.15, -0.1) is 0 Å². The highest BCUT2D eigenvalue weighted by Crippen LogP contribution is 2.21. The zero-order chi connectivity index (χ0) is 13.0. The van der Waals surface area contributed by atoms with Gasteiger partial charge >= 0.3 is 0 Å². The molecule has 2 aromatic carbocycles. The van der Waals surface area contributed by atoms with Crippen LogP contribution in [0, 0.1) is 6.92 Å². The summed E-state index contributed by atoms with van der Waals surface area (Å²) in [6.07, 6.45) is 0.948. The summed E-state index contributed by atoms with van der Waals surface area (Å²) in [7, 11) is 0. The monoisotopic (exact) mass is 241 g/mol. The first kappa shape index (κ1) is 12.5. The van der Waals surface area contributed by atoms with Crippen LogP contribution in [-0.2, 0) is 13.0 Å². The summed E-state index contributed by atoms with van der Waals surface area (Å²) in [5.41, 5.74) is 10.4. The fraction of sp³-hybridized carbons (Fsp3) is 0.250. The predicted molar refractivity (Wildman–Crippen MR) is 75.7 cm³/mol. The van der Waals surface area contributed by atoms with E-state index in [-0.39, 0.29) is 0 Å². The Bertz CT molecular complexity index is 534. The van der Waals surface area contributed by atoms with Crippen molar-refractivity contribution in [3.8, 4) is 5.75 Å². The maximum atomic E-state index is 5.95. The molecule has 0 aliphatic rings. The van der Waals surface area contributed by atoms with Gasteiger partial charge in [-0.05, 0) is 36.1 Å². The lowest BCUT2D eigenvalue weighted by atomic mass is 10.1. The Balaban J connectivity index is 2.07. The molecule has 0 bridgehead atoms. The van der Waals surface area contributed by atoms with E-state index >= 15 is 0 Å². The van der Waals surface area contributed by atoms with Crippen LogP contribution in [0.2, 0.25) is 0 Å². The van der Waals surface area contributed by atoms with Crippen LogP contribution in [0.1, 0.15) is 23.6 Å². The number of anilines is 1. The van der Waals surface area contributed by atoms with E-state index in [1.807, 2.05) is 30.3 Å². The lowest BCUT2D eigenvalue weighted by molar-refractivity contribution is 0.305. The van der Waals surface area contributed by atoms with Gasteiger partial charge in [-0.3, -0.25) is 0 Å². The molecule has 2 nitrogen and oxygen atoms in total. The summed E-state index contributed by atoms with van der Waals surface area (Å²) in [6, 6.07) is 14.1. The van der Waals surface area contributed by atoms with Crippen LogP contribution >= 0.6 is 0 Å². The molecule has 2 N–H and O–H groups in total. The molecule has 0 amide bonds. The van der Waals surface area contributed by atoms with Gasteiger partial charge in [-0.25, -0.2) is 0 Å². The third-order valence-electron chi connectivity index (χ3n) is 3.15. The summed E-state index contributed by atoms with van der Waals surface area (Å²) in [4.78, 5) is 0. The van der Waals surface area contributed by atoms with Crippen molar-refractivity contribution in [3.05, 3.63) is 59.2 Å². The molecular weight excluding hydrogens is 222 g/mol. The highest BCUT2D eigenvalue weighted by Gasteiger charge is 2.02. The van der Waals surface area contributed by atoms with Crippen LogP contribution in [-0.4, -0.2) is 0 Å². The Kier molecular flexibility index (Phi) is 3.88. The van der Waals surface area contributed by atoms with Crippen LogP contribution in [0.4, 0.5) is 5.69 Å². The molecule has 0 fully saturated rings. The maximum absolute atomic E-state index is 5.95. The summed E-state index contributed by atoms with van der Waals surface area (Å²) >= 11 is 0. The minimum absolute atomic E-state index is 0.581. The number of ether oxygens (including phenoxy) is 1. The Morgan fingerprint density at radius 2 is 1.83 bits per heavy atom. The molecule has 2 rings (SSSR count). The lowest BCUT2D eigenvalue weighted by Crippen LogP contribution is -1.99. The molecule has 0 heterocycles. The number of nitrogens with two attached hydrogens (primary N) is 1. The number of aryl methyl sites for hydroxylation is 2. The molecule has 0 saturated carbocycles. The van der Waals surface area contributed by atoms with Crippen LogP contribution in [0.25, 0.3) is 0 Å². The Morgan fingerprint density at radius 1 is 1.06 bits per heavy atom.